The quantitative estimate of drug-likeness (QED) is 0.852. The van der Waals surface area contributed by atoms with Gasteiger partial charge >= 0.3 is 0 Å². The van der Waals surface area contributed by atoms with Crippen molar-refractivity contribution in [3.05, 3.63) is 12.4 Å². The van der Waals surface area contributed by atoms with E-state index in [1.165, 1.54) is 0 Å². The summed E-state index contributed by atoms with van der Waals surface area (Å²) in [4.78, 5) is 4.04. The zero-order chi connectivity index (χ0) is 14.1. The van der Waals surface area contributed by atoms with E-state index >= 15 is 0 Å². The average molecular weight is 286 g/mol. The van der Waals surface area contributed by atoms with Crippen molar-refractivity contribution in [3.8, 4) is 0 Å². The normalized spacial score (nSPS) is 21.5. The van der Waals surface area contributed by atoms with Gasteiger partial charge in [0.15, 0.2) is 0 Å². The molecule has 19 heavy (non-hydrogen) atoms. The molecule has 0 radical (unpaired) electrons. The van der Waals surface area contributed by atoms with Gasteiger partial charge in [-0.1, -0.05) is 0 Å². The van der Waals surface area contributed by atoms with Crippen LogP contribution in [0.3, 0.4) is 0 Å². The number of sulfone groups is 1. The van der Waals surface area contributed by atoms with Gasteiger partial charge in [-0.3, -0.25) is 0 Å². The van der Waals surface area contributed by atoms with Crippen molar-refractivity contribution in [2.45, 2.75) is 56.8 Å². The highest BCUT2D eigenvalue weighted by Crippen LogP contribution is 2.22. The van der Waals surface area contributed by atoms with Crippen molar-refractivity contribution < 1.29 is 13.2 Å². The lowest BCUT2D eigenvalue weighted by molar-refractivity contribution is 0.0304. The second kappa shape index (κ2) is 5.25. The Morgan fingerprint density at radius 3 is 2.74 bits per heavy atom. The van der Waals surface area contributed by atoms with Crippen LogP contribution in [0.5, 0.6) is 0 Å². The van der Waals surface area contributed by atoms with Crippen molar-refractivity contribution in [3.63, 3.8) is 0 Å². The van der Waals surface area contributed by atoms with Gasteiger partial charge in [0.25, 0.3) is 0 Å². The molecule has 0 amide bonds. The van der Waals surface area contributed by atoms with Crippen molar-refractivity contribution in [2.24, 2.45) is 0 Å². The number of rotatable bonds is 3. The number of nitrogens with zero attached hydrogens (tertiary/aromatic N) is 2. The smallest absolute Gasteiger partial charge is 0.228 e. The van der Waals surface area contributed by atoms with Gasteiger partial charge in [0.05, 0.1) is 11.9 Å². The third-order valence-electron chi connectivity index (χ3n) is 3.29. The monoisotopic (exact) mass is 286 g/mol. The van der Waals surface area contributed by atoms with E-state index in [0.717, 1.165) is 19.3 Å². The maximum Gasteiger partial charge on any atom is 0.228 e. The predicted molar refractivity (Wildman–Crippen MR) is 72.9 cm³/mol. The second-order valence-electron chi connectivity index (χ2n) is 6.02. The van der Waals surface area contributed by atoms with Crippen LogP contribution in [-0.4, -0.2) is 36.4 Å². The molecule has 1 aliphatic heterocycles. The fourth-order valence-corrected chi connectivity index (χ4v) is 4.05. The summed E-state index contributed by atoms with van der Waals surface area (Å²) >= 11 is 0. The van der Waals surface area contributed by atoms with Crippen molar-refractivity contribution >= 4 is 9.84 Å². The van der Waals surface area contributed by atoms with Crippen LogP contribution in [-0.2, 0) is 20.1 Å². The number of hydrogen-bond acceptors (Lipinski definition) is 4. The average Bonchev–Trinajstić information content (AvgIpc) is 2.78. The van der Waals surface area contributed by atoms with E-state index in [0.29, 0.717) is 6.61 Å². The standard InChI is InChI=1S/C13H22N2O3S/c1-13(2,3)15-8-7-14-12(15)19(16,17)10-11-6-4-5-9-18-11/h7-8,11H,4-6,9-10H2,1-3H3. The number of hydrogen-bond donors (Lipinski definition) is 0. The van der Waals surface area contributed by atoms with Crippen LogP contribution < -0.4 is 0 Å². The first-order valence-corrected chi connectivity index (χ1v) is 8.34. The van der Waals surface area contributed by atoms with E-state index in [4.69, 9.17) is 4.74 Å². The topological polar surface area (TPSA) is 61.2 Å². The molecule has 5 nitrogen and oxygen atoms in total. The molecule has 1 aromatic rings. The van der Waals surface area contributed by atoms with Crippen LogP contribution in [0.2, 0.25) is 0 Å². The van der Waals surface area contributed by atoms with E-state index in [1.807, 2.05) is 20.8 Å². The molecule has 1 aromatic heterocycles. The molecule has 0 N–H and O–H groups in total. The van der Waals surface area contributed by atoms with E-state index in [1.54, 1.807) is 17.0 Å². The van der Waals surface area contributed by atoms with Gasteiger partial charge < -0.3 is 9.30 Å². The lowest BCUT2D eigenvalue weighted by Crippen LogP contribution is -2.31. The van der Waals surface area contributed by atoms with E-state index in [-0.39, 0.29) is 22.6 Å². The van der Waals surface area contributed by atoms with Crippen LogP contribution in [0, 0.1) is 0 Å². The molecule has 1 unspecified atom stereocenters. The molecule has 2 rings (SSSR count). The molecule has 108 valence electrons. The summed E-state index contributed by atoms with van der Waals surface area (Å²) in [5, 5.41) is 0.147. The molecular weight excluding hydrogens is 264 g/mol. The van der Waals surface area contributed by atoms with E-state index in [9.17, 15) is 8.42 Å². The summed E-state index contributed by atoms with van der Waals surface area (Å²) in [5.74, 6) is 0.0279. The first-order valence-electron chi connectivity index (χ1n) is 6.69. The largest absolute Gasteiger partial charge is 0.377 e. The number of aromatic nitrogens is 2. The van der Waals surface area contributed by atoms with E-state index in [2.05, 4.69) is 4.98 Å². The van der Waals surface area contributed by atoms with Crippen molar-refractivity contribution in [2.75, 3.05) is 12.4 Å². The van der Waals surface area contributed by atoms with Crippen LogP contribution in [0.25, 0.3) is 0 Å². The highest BCUT2D eigenvalue weighted by Gasteiger charge is 2.30. The summed E-state index contributed by atoms with van der Waals surface area (Å²) in [6.45, 7) is 6.55. The van der Waals surface area contributed by atoms with Gasteiger partial charge in [-0.25, -0.2) is 13.4 Å². The fraction of sp³-hybridized carbons (Fsp3) is 0.769. The molecule has 0 bridgehead atoms. The molecule has 0 aromatic carbocycles. The highest BCUT2D eigenvalue weighted by atomic mass is 32.2. The molecule has 1 saturated heterocycles. The number of imidazole rings is 1. The van der Waals surface area contributed by atoms with Gasteiger partial charge in [-0.05, 0) is 40.0 Å². The van der Waals surface area contributed by atoms with Crippen LogP contribution in [0.4, 0.5) is 0 Å². The Kier molecular flexibility index (Phi) is 4.01. The summed E-state index contributed by atoms with van der Waals surface area (Å²) in [6.07, 6.45) is 5.94. The van der Waals surface area contributed by atoms with Gasteiger partial charge in [-0.2, -0.15) is 0 Å². The summed E-state index contributed by atoms with van der Waals surface area (Å²) in [7, 11) is -3.40. The Bertz CT molecular complexity index is 522. The second-order valence-corrected chi connectivity index (χ2v) is 7.95. The predicted octanol–water partition coefficient (Wildman–Crippen LogP) is 1.98. The Balaban J connectivity index is 2.22. The van der Waals surface area contributed by atoms with E-state index < -0.39 is 9.84 Å². The third-order valence-corrected chi connectivity index (χ3v) is 4.96. The maximum atomic E-state index is 12.5. The summed E-state index contributed by atoms with van der Waals surface area (Å²) < 4.78 is 32.2. The Morgan fingerprint density at radius 1 is 1.42 bits per heavy atom. The first-order chi connectivity index (χ1) is 8.81. The van der Waals surface area contributed by atoms with Crippen molar-refractivity contribution in [1.82, 2.24) is 9.55 Å². The minimum atomic E-state index is -3.40. The Labute approximate surface area is 114 Å². The SMILES string of the molecule is CC(C)(C)n1ccnc1S(=O)(=O)CC1CCCCO1. The molecular formula is C13H22N2O3S. The summed E-state index contributed by atoms with van der Waals surface area (Å²) in [5.41, 5.74) is -0.299. The van der Waals surface area contributed by atoms with Crippen LogP contribution in [0.15, 0.2) is 17.6 Å². The highest BCUT2D eigenvalue weighted by molar-refractivity contribution is 7.91. The summed E-state index contributed by atoms with van der Waals surface area (Å²) in [6, 6.07) is 0. The molecule has 0 saturated carbocycles. The van der Waals surface area contributed by atoms with Gasteiger partial charge in [-0.15, -0.1) is 0 Å². The first kappa shape index (κ1) is 14.5. The molecule has 2 heterocycles. The van der Waals surface area contributed by atoms with Crippen LogP contribution in [0.1, 0.15) is 40.0 Å². The lowest BCUT2D eigenvalue weighted by Gasteiger charge is -2.25. The molecule has 1 aliphatic rings. The Morgan fingerprint density at radius 2 is 2.16 bits per heavy atom. The fourth-order valence-electron chi connectivity index (χ4n) is 2.29. The third kappa shape index (κ3) is 3.36. The number of ether oxygens (including phenoxy) is 1. The van der Waals surface area contributed by atoms with Crippen molar-refractivity contribution in [1.29, 1.82) is 0 Å². The molecule has 6 heteroatoms. The van der Waals surface area contributed by atoms with Gasteiger partial charge in [0.1, 0.15) is 0 Å². The lowest BCUT2D eigenvalue weighted by atomic mass is 10.1. The zero-order valence-electron chi connectivity index (χ0n) is 11.8. The molecule has 1 atom stereocenters. The minimum Gasteiger partial charge on any atom is -0.377 e. The van der Waals surface area contributed by atoms with Gasteiger partial charge in [0, 0.05) is 24.5 Å². The Hall–Kier alpha value is -0.880. The van der Waals surface area contributed by atoms with Crippen LogP contribution >= 0.6 is 0 Å². The minimum absolute atomic E-state index is 0.0279. The molecule has 0 aliphatic carbocycles. The molecule has 0 spiro atoms. The molecule has 1 fully saturated rings. The maximum absolute atomic E-state index is 12.5. The zero-order valence-corrected chi connectivity index (χ0v) is 12.6. The van der Waals surface area contributed by atoms with Gasteiger partial charge in [0.2, 0.25) is 15.0 Å².